The van der Waals surface area contributed by atoms with Crippen molar-refractivity contribution in [2.24, 2.45) is 5.73 Å². The molecule has 7 nitrogen and oxygen atoms in total. The van der Waals surface area contributed by atoms with Gasteiger partial charge in [0, 0.05) is 17.8 Å². The van der Waals surface area contributed by atoms with Gasteiger partial charge < -0.3 is 16.4 Å². The lowest BCUT2D eigenvalue weighted by molar-refractivity contribution is -0.113. The molecule has 4 N–H and O–H groups in total. The van der Waals surface area contributed by atoms with Gasteiger partial charge in [-0.2, -0.15) is 0 Å². The molecule has 0 saturated carbocycles. The molecule has 0 aliphatic heterocycles. The maximum atomic E-state index is 12.9. The Morgan fingerprint density at radius 3 is 2.46 bits per heavy atom. The average Bonchev–Trinajstić information content (AvgIpc) is 3.14. The van der Waals surface area contributed by atoms with Crippen molar-refractivity contribution < 1.29 is 14.0 Å². The third-order valence-electron chi connectivity index (χ3n) is 3.54. The second-order valence-corrected chi connectivity index (χ2v) is 7.83. The van der Waals surface area contributed by atoms with Gasteiger partial charge in [0.15, 0.2) is 4.34 Å². The molecule has 0 unspecified atom stereocenters. The van der Waals surface area contributed by atoms with E-state index >= 15 is 0 Å². The van der Waals surface area contributed by atoms with Crippen LogP contribution in [0.5, 0.6) is 0 Å². The van der Waals surface area contributed by atoms with Crippen molar-refractivity contribution in [3.8, 4) is 0 Å². The molecule has 10 heteroatoms. The molecular formula is C18H16FN5O2S2. The Bertz CT molecular complexity index is 961. The molecule has 3 aromatic rings. The van der Waals surface area contributed by atoms with Crippen LogP contribution >= 0.6 is 23.1 Å². The number of nitrogens with zero attached hydrogens (tertiary/aromatic N) is 2. The minimum absolute atomic E-state index is 0.171. The number of hydrogen-bond donors (Lipinski definition) is 3. The normalized spacial score (nSPS) is 10.5. The number of primary amides is 1. The summed E-state index contributed by atoms with van der Waals surface area (Å²) in [4.78, 5) is 23.1. The topological polar surface area (TPSA) is 110 Å². The molecule has 1 heterocycles. The number of nitrogens with two attached hydrogens (primary N) is 1. The molecule has 2 amide bonds. The van der Waals surface area contributed by atoms with Crippen LogP contribution in [0.25, 0.3) is 0 Å². The van der Waals surface area contributed by atoms with Crippen LogP contribution in [0.15, 0.2) is 52.9 Å². The van der Waals surface area contributed by atoms with Gasteiger partial charge in [0.05, 0.1) is 5.75 Å². The molecule has 0 bridgehead atoms. The zero-order valence-electron chi connectivity index (χ0n) is 14.5. The van der Waals surface area contributed by atoms with E-state index in [-0.39, 0.29) is 17.5 Å². The van der Waals surface area contributed by atoms with E-state index in [0.717, 1.165) is 5.56 Å². The van der Waals surface area contributed by atoms with E-state index in [9.17, 15) is 14.0 Å². The second-order valence-electron chi connectivity index (χ2n) is 5.63. The Kier molecular flexibility index (Phi) is 6.56. The summed E-state index contributed by atoms with van der Waals surface area (Å²) in [5.74, 6) is -0.828. The molecule has 28 heavy (non-hydrogen) atoms. The third-order valence-corrected chi connectivity index (χ3v) is 5.56. The van der Waals surface area contributed by atoms with Crippen molar-refractivity contribution in [1.29, 1.82) is 0 Å². The quantitative estimate of drug-likeness (QED) is 0.486. The van der Waals surface area contributed by atoms with E-state index in [0.29, 0.717) is 27.3 Å². The van der Waals surface area contributed by atoms with Crippen molar-refractivity contribution in [1.82, 2.24) is 10.2 Å². The Labute approximate surface area is 168 Å². The van der Waals surface area contributed by atoms with Gasteiger partial charge in [-0.25, -0.2) is 4.39 Å². The van der Waals surface area contributed by atoms with Crippen molar-refractivity contribution in [3.05, 3.63) is 65.5 Å². The molecule has 0 aliphatic carbocycles. The molecular weight excluding hydrogens is 401 g/mol. The molecule has 0 aliphatic rings. The average molecular weight is 417 g/mol. The summed E-state index contributed by atoms with van der Waals surface area (Å²) >= 11 is 2.60. The molecule has 0 saturated heterocycles. The van der Waals surface area contributed by atoms with E-state index in [4.69, 9.17) is 5.73 Å². The Balaban J connectivity index is 1.45. The van der Waals surface area contributed by atoms with Crippen LogP contribution in [0.4, 0.5) is 15.2 Å². The van der Waals surface area contributed by atoms with Crippen molar-refractivity contribution in [2.45, 2.75) is 10.9 Å². The van der Waals surface area contributed by atoms with E-state index in [1.807, 2.05) is 0 Å². The maximum absolute atomic E-state index is 12.9. The Hall–Kier alpha value is -2.98. The molecule has 2 aromatic carbocycles. The van der Waals surface area contributed by atoms with Gasteiger partial charge in [0.2, 0.25) is 16.9 Å². The van der Waals surface area contributed by atoms with E-state index in [1.165, 1.54) is 35.2 Å². The van der Waals surface area contributed by atoms with Gasteiger partial charge in [-0.3, -0.25) is 9.59 Å². The van der Waals surface area contributed by atoms with Crippen LogP contribution in [0, 0.1) is 5.82 Å². The number of rotatable bonds is 8. The van der Waals surface area contributed by atoms with E-state index in [1.54, 1.807) is 36.4 Å². The van der Waals surface area contributed by atoms with Crippen LogP contribution in [0.3, 0.4) is 0 Å². The number of nitrogens with one attached hydrogen (secondary N) is 2. The van der Waals surface area contributed by atoms with Crippen LogP contribution < -0.4 is 16.4 Å². The van der Waals surface area contributed by atoms with Gasteiger partial charge in [0.1, 0.15) is 5.82 Å². The Morgan fingerprint density at radius 2 is 1.79 bits per heavy atom. The summed E-state index contributed by atoms with van der Waals surface area (Å²) < 4.78 is 13.5. The first-order valence-corrected chi connectivity index (χ1v) is 9.94. The van der Waals surface area contributed by atoms with Crippen molar-refractivity contribution in [2.75, 3.05) is 16.4 Å². The van der Waals surface area contributed by atoms with E-state index < -0.39 is 5.91 Å². The van der Waals surface area contributed by atoms with Crippen LogP contribution in [-0.4, -0.2) is 27.8 Å². The molecule has 1 aromatic heterocycles. The molecule has 144 valence electrons. The summed E-state index contributed by atoms with van der Waals surface area (Å²) in [6.07, 6.45) is 0. The number of thioether (sulfide) groups is 1. The van der Waals surface area contributed by atoms with Gasteiger partial charge in [-0.1, -0.05) is 35.2 Å². The lowest BCUT2D eigenvalue weighted by Crippen LogP contribution is -2.14. The summed E-state index contributed by atoms with van der Waals surface area (Å²) in [6, 6.07) is 12.5. The first kappa shape index (κ1) is 19.8. The number of benzene rings is 2. The number of amides is 2. The highest BCUT2D eigenvalue weighted by Crippen LogP contribution is 2.26. The largest absolute Gasteiger partial charge is 0.366 e. The molecule has 0 spiro atoms. The third kappa shape index (κ3) is 5.76. The number of anilines is 2. The second kappa shape index (κ2) is 9.29. The molecule has 0 radical (unpaired) electrons. The van der Waals surface area contributed by atoms with Gasteiger partial charge in [0.25, 0.3) is 0 Å². The van der Waals surface area contributed by atoms with Gasteiger partial charge in [-0.05, 0) is 42.0 Å². The summed E-state index contributed by atoms with van der Waals surface area (Å²) in [5.41, 5.74) is 7.06. The number of carbonyl (C=O) groups is 2. The summed E-state index contributed by atoms with van der Waals surface area (Å²) in [7, 11) is 0. The number of hydrogen-bond acceptors (Lipinski definition) is 7. The molecule has 0 atom stereocenters. The van der Waals surface area contributed by atoms with Crippen molar-refractivity contribution in [3.63, 3.8) is 0 Å². The monoisotopic (exact) mass is 417 g/mol. The fourth-order valence-corrected chi connectivity index (χ4v) is 3.71. The first-order valence-electron chi connectivity index (χ1n) is 8.14. The van der Waals surface area contributed by atoms with Crippen molar-refractivity contribution >= 4 is 45.7 Å². The lowest BCUT2D eigenvalue weighted by Gasteiger charge is -2.04. The summed E-state index contributed by atoms with van der Waals surface area (Å²) in [5, 5.41) is 14.5. The lowest BCUT2D eigenvalue weighted by atomic mass is 10.2. The highest BCUT2D eigenvalue weighted by Gasteiger charge is 2.09. The first-order chi connectivity index (χ1) is 13.5. The number of carbonyl (C=O) groups excluding carboxylic acids is 2. The number of halogens is 1. The van der Waals surface area contributed by atoms with E-state index in [2.05, 4.69) is 20.8 Å². The fraction of sp³-hybridized carbons (Fsp3) is 0.111. The van der Waals surface area contributed by atoms with Crippen LogP contribution in [-0.2, 0) is 11.3 Å². The smallest absolute Gasteiger partial charge is 0.248 e. The van der Waals surface area contributed by atoms with Crippen LogP contribution in [0.1, 0.15) is 15.9 Å². The van der Waals surface area contributed by atoms with Gasteiger partial charge >= 0.3 is 0 Å². The predicted molar refractivity (Wildman–Crippen MR) is 108 cm³/mol. The molecule has 0 fully saturated rings. The van der Waals surface area contributed by atoms with Gasteiger partial charge in [-0.15, -0.1) is 10.2 Å². The predicted octanol–water partition coefficient (Wildman–Crippen LogP) is 3.12. The highest BCUT2D eigenvalue weighted by atomic mass is 32.2. The number of aromatic nitrogens is 2. The zero-order chi connectivity index (χ0) is 19.9. The maximum Gasteiger partial charge on any atom is 0.248 e. The molecule has 3 rings (SSSR count). The van der Waals surface area contributed by atoms with Crippen LogP contribution in [0.2, 0.25) is 0 Å². The minimum atomic E-state index is -0.520. The standard InChI is InChI=1S/C18H16FN5O2S2/c19-13-5-1-11(2-6-13)9-21-17-23-24-18(28-17)27-10-15(25)22-14-7-3-12(4-8-14)16(20)26/h1-8H,9-10H2,(H2,20,26)(H,21,23)(H,22,25). The zero-order valence-corrected chi connectivity index (χ0v) is 16.1. The Morgan fingerprint density at radius 1 is 1.07 bits per heavy atom. The highest BCUT2D eigenvalue weighted by molar-refractivity contribution is 8.01. The minimum Gasteiger partial charge on any atom is -0.366 e. The fourth-order valence-electron chi connectivity index (χ4n) is 2.16. The SMILES string of the molecule is NC(=O)c1ccc(NC(=O)CSc2nnc(NCc3ccc(F)cc3)s2)cc1. The summed E-state index contributed by atoms with van der Waals surface area (Å²) in [6.45, 7) is 0.501.